The number of carbonyl (C=O) groups is 2. The molecule has 8 heteroatoms. The van der Waals surface area contributed by atoms with Crippen molar-refractivity contribution in [2.75, 3.05) is 7.11 Å². The minimum atomic E-state index is -1.02. The van der Waals surface area contributed by atoms with Crippen LogP contribution in [-0.2, 0) is 14.3 Å². The lowest BCUT2D eigenvalue weighted by Crippen LogP contribution is -2.24. The first-order valence-corrected chi connectivity index (χ1v) is 14.8. The number of hydrogen-bond donors (Lipinski definition) is 2. The Morgan fingerprint density at radius 2 is 1.79 bits per heavy atom. The van der Waals surface area contributed by atoms with Crippen molar-refractivity contribution in [3.05, 3.63) is 104 Å². The number of esters is 1. The number of hydrogen-bond acceptors (Lipinski definition) is 8. The third kappa shape index (κ3) is 4.22. The summed E-state index contributed by atoms with van der Waals surface area (Å²) in [5.74, 6) is -1.79. The Morgan fingerprint density at radius 3 is 2.47 bits per heavy atom. The number of aliphatic hydroxyl groups is 1. The van der Waals surface area contributed by atoms with Gasteiger partial charge in [0.25, 0.3) is 0 Å². The third-order valence-corrected chi connectivity index (χ3v) is 9.46. The van der Waals surface area contributed by atoms with E-state index in [9.17, 15) is 14.7 Å². The number of aliphatic hydroxyl groups excluding tert-OH is 1. The first-order chi connectivity index (χ1) is 20.6. The second-order valence-corrected chi connectivity index (χ2v) is 11.6. The second kappa shape index (κ2) is 10.6. The number of aliphatic imine (C=N–C) groups is 3. The monoisotopic (exact) mass is 576 g/mol. The molecule has 43 heavy (non-hydrogen) atoms. The van der Waals surface area contributed by atoms with Crippen molar-refractivity contribution in [1.82, 2.24) is 5.32 Å². The predicted octanol–water partition coefficient (Wildman–Crippen LogP) is 6.22. The molecular formula is C35H36N4O4. The second-order valence-electron chi connectivity index (χ2n) is 11.6. The SMILES string of the molecule is C=CC1=C(C)C2=NC1=CC1=NC(=CC3=C(C)C4=C(O)C(C(=O)OC)C(=C5NC(=C2)C(C)C5CCC=O)C4=N3)C(CC)=C1C. The number of ether oxygens (including phenoxy) is 1. The minimum absolute atomic E-state index is 0.0198. The average molecular weight is 577 g/mol. The van der Waals surface area contributed by atoms with Gasteiger partial charge < -0.3 is 20.0 Å². The zero-order valence-corrected chi connectivity index (χ0v) is 25.5. The molecule has 1 aliphatic carbocycles. The summed E-state index contributed by atoms with van der Waals surface area (Å²) in [6.45, 7) is 14.3. The van der Waals surface area contributed by atoms with E-state index in [-0.39, 0.29) is 17.6 Å². The summed E-state index contributed by atoms with van der Waals surface area (Å²) in [6, 6.07) is 0. The maximum absolute atomic E-state index is 13.2. The Kier molecular flexibility index (Phi) is 7.03. The molecule has 220 valence electrons. The molecule has 5 aliphatic heterocycles. The molecule has 8 bridgehead atoms. The molecule has 1 fully saturated rings. The van der Waals surface area contributed by atoms with E-state index in [0.29, 0.717) is 35.4 Å². The molecule has 0 aromatic heterocycles. The Balaban J connectivity index is 1.68. The fraction of sp³-hybridized carbons (Fsp3) is 0.343. The third-order valence-electron chi connectivity index (χ3n) is 9.46. The van der Waals surface area contributed by atoms with Crippen LogP contribution in [0.15, 0.2) is 119 Å². The van der Waals surface area contributed by atoms with Crippen LogP contribution in [0.5, 0.6) is 0 Å². The highest BCUT2D eigenvalue weighted by atomic mass is 16.5. The summed E-state index contributed by atoms with van der Waals surface area (Å²) in [5.41, 5.74) is 12.3. The lowest BCUT2D eigenvalue weighted by atomic mass is 9.84. The molecule has 1 saturated heterocycles. The van der Waals surface area contributed by atoms with E-state index >= 15 is 0 Å². The van der Waals surface area contributed by atoms with Crippen molar-refractivity contribution in [2.45, 2.75) is 53.9 Å². The van der Waals surface area contributed by atoms with Crippen LogP contribution in [0.3, 0.4) is 0 Å². The highest BCUT2D eigenvalue weighted by Crippen LogP contribution is 2.49. The summed E-state index contributed by atoms with van der Waals surface area (Å²) >= 11 is 0. The first-order valence-electron chi connectivity index (χ1n) is 14.8. The van der Waals surface area contributed by atoms with Crippen LogP contribution < -0.4 is 5.32 Å². The van der Waals surface area contributed by atoms with E-state index in [4.69, 9.17) is 19.7 Å². The van der Waals surface area contributed by atoms with Gasteiger partial charge in [0.15, 0.2) is 0 Å². The molecule has 6 aliphatic rings. The van der Waals surface area contributed by atoms with Gasteiger partial charge in [-0.1, -0.05) is 26.5 Å². The minimum Gasteiger partial charge on any atom is -0.510 e. The first kappa shape index (κ1) is 28.5. The fourth-order valence-corrected chi connectivity index (χ4v) is 7.02. The Bertz CT molecular complexity index is 1760. The van der Waals surface area contributed by atoms with Crippen LogP contribution >= 0.6 is 0 Å². The smallest absolute Gasteiger partial charge is 0.321 e. The van der Waals surface area contributed by atoms with E-state index in [0.717, 1.165) is 74.8 Å². The Labute approximate surface area is 251 Å². The van der Waals surface area contributed by atoms with Crippen LogP contribution in [0.1, 0.15) is 53.9 Å². The Hall–Kier alpha value is -4.59. The van der Waals surface area contributed by atoms with Gasteiger partial charge in [0.1, 0.15) is 18.0 Å². The number of nitrogens with zero attached hydrogens (tertiary/aromatic N) is 3. The van der Waals surface area contributed by atoms with Crippen LogP contribution in [-0.4, -0.2) is 41.6 Å². The van der Waals surface area contributed by atoms with Crippen LogP contribution in [0, 0.1) is 17.8 Å². The number of methoxy groups -OCH3 is 1. The average Bonchev–Trinajstić information content (AvgIpc) is 3.72. The van der Waals surface area contributed by atoms with E-state index in [1.165, 1.54) is 7.11 Å². The lowest BCUT2D eigenvalue weighted by molar-refractivity contribution is -0.143. The molecule has 5 heterocycles. The summed E-state index contributed by atoms with van der Waals surface area (Å²) < 4.78 is 5.19. The van der Waals surface area contributed by atoms with Crippen molar-refractivity contribution < 1.29 is 19.4 Å². The molecule has 0 saturated carbocycles. The van der Waals surface area contributed by atoms with Gasteiger partial charge in [0.2, 0.25) is 0 Å². The summed E-state index contributed by atoms with van der Waals surface area (Å²) in [5, 5.41) is 15.2. The number of nitrogens with one attached hydrogen (secondary N) is 1. The number of carbonyl (C=O) groups excluding carboxylic acids is 2. The van der Waals surface area contributed by atoms with Gasteiger partial charge in [0.05, 0.1) is 41.3 Å². The van der Waals surface area contributed by atoms with Gasteiger partial charge >= 0.3 is 5.97 Å². The van der Waals surface area contributed by atoms with Gasteiger partial charge in [-0.05, 0) is 74.1 Å². The zero-order chi connectivity index (χ0) is 30.7. The van der Waals surface area contributed by atoms with E-state index < -0.39 is 11.9 Å². The molecule has 3 unspecified atom stereocenters. The zero-order valence-electron chi connectivity index (χ0n) is 25.5. The molecular weight excluding hydrogens is 540 g/mol. The van der Waals surface area contributed by atoms with Gasteiger partial charge in [-0.15, -0.1) is 0 Å². The molecule has 0 aromatic rings. The maximum atomic E-state index is 13.2. The topological polar surface area (TPSA) is 113 Å². The van der Waals surface area contributed by atoms with Crippen molar-refractivity contribution in [3.63, 3.8) is 0 Å². The highest BCUT2D eigenvalue weighted by molar-refractivity contribution is 6.24. The summed E-state index contributed by atoms with van der Waals surface area (Å²) in [4.78, 5) is 39.8. The normalized spacial score (nSPS) is 26.0. The molecule has 8 nitrogen and oxygen atoms in total. The molecule has 6 rings (SSSR count). The molecule has 3 atom stereocenters. The number of fused-ring (bicyclic) bond motifs is 5. The molecule has 0 amide bonds. The van der Waals surface area contributed by atoms with E-state index in [2.05, 4.69) is 32.7 Å². The van der Waals surface area contributed by atoms with E-state index in [1.807, 2.05) is 38.2 Å². The highest BCUT2D eigenvalue weighted by Gasteiger charge is 2.48. The molecule has 0 radical (unpaired) electrons. The Morgan fingerprint density at radius 1 is 1.07 bits per heavy atom. The van der Waals surface area contributed by atoms with Crippen LogP contribution in [0.4, 0.5) is 0 Å². The van der Waals surface area contributed by atoms with Crippen molar-refractivity contribution in [1.29, 1.82) is 0 Å². The standard InChI is InChI=1S/C35H36N4O4/c1-8-20-16(3)23-13-25-18(5)22(11-10-12-40)32(38-25)30-31(35(42)43-7)34(41)29-19(6)26(39-33(29)30)15-28-21(9-2)17(4)24(37-28)14-27(20)36-23/h8,12-15,18,22,31,38,41H,1,9-11H2,2-7H3. The fourth-order valence-electron chi connectivity index (χ4n) is 7.02. The molecule has 0 spiro atoms. The predicted molar refractivity (Wildman–Crippen MR) is 168 cm³/mol. The number of aldehydes is 1. The largest absolute Gasteiger partial charge is 0.510 e. The summed E-state index contributed by atoms with van der Waals surface area (Å²) in [6.07, 6.45) is 10.5. The van der Waals surface area contributed by atoms with Gasteiger partial charge in [-0.25, -0.2) is 15.0 Å². The molecule has 0 aromatic carbocycles. The van der Waals surface area contributed by atoms with Crippen molar-refractivity contribution in [3.8, 4) is 0 Å². The van der Waals surface area contributed by atoms with Crippen molar-refractivity contribution >= 4 is 29.4 Å². The van der Waals surface area contributed by atoms with Gasteiger partial charge in [0, 0.05) is 46.4 Å². The van der Waals surface area contributed by atoms with Crippen LogP contribution in [0.25, 0.3) is 0 Å². The maximum Gasteiger partial charge on any atom is 0.321 e. The number of rotatable bonds is 6. The number of allylic oxidation sites excluding steroid dienone is 11. The molecule has 2 N–H and O–H groups in total. The van der Waals surface area contributed by atoms with Crippen molar-refractivity contribution in [2.24, 2.45) is 32.7 Å². The van der Waals surface area contributed by atoms with Gasteiger partial charge in [-0.3, -0.25) is 4.79 Å². The van der Waals surface area contributed by atoms with E-state index in [1.54, 1.807) is 0 Å². The quantitative estimate of drug-likeness (QED) is 0.288. The van der Waals surface area contributed by atoms with Gasteiger partial charge in [-0.2, -0.15) is 0 Å². The summed E-state index contributed by atoms with van der Waals surface area (Å²) in [7, 11) is 1.32. The lowest BCUT2D eigenvalue weighted by Gasteiger charge is -2.19. The van der Waals surface area contributed by atoms with Crippen LogP contribution in [0.2, 0.25) is 0 Å².